The van der Waals surface area contributed by atoms with E-state index in [1.807, 2.05) is 72.8 Å². The Morgan fingerprint density at radius 1 is 0.920 bits per heavy atom. The minimum atomic E-state index is -0.133. The first-order valence-corrected chi connectivity index (χ1v) is 8.36. The fourth-order valence-corrected chi connectivity index (χ4v) is 3.12. The number of anilines is 2. The van der Waals surface area contributed by atoms with Crippen LogP contribution in [0.3, 0.4) is 0 Å². The second kappa shape index (κ2) is 6.49. The molecule has 0 bridgehead atoms. The van der Waals surface area contributed by atoms with Crippen molar-refractivity contribution in [3.05, 3.63) is 93.9 Å². The van der Waals surface area contributed by atoms with Gasteiger partial charge in [-0.3, -0.25) is 4.57 Å². The molecule has 1 heterocycles. The predicted octanol–water partition coefficient (Wildman–Crippen LogP) is 4.77. The molecule has 1 aromatic heterocycles. The number of fused-ring (bicyclic) bond motifs is 1. The Morgan fingerprint density at radius 3 is 2.56 bits per heavy atom. The molecule has 0 aliphatic rings. The van der Waals surface area contributed by atoms with Crippen LogP contribution >= 0.6 is 11.6 Å². The van der Waals surface area contributed by atoms with Crippen LogP contribution in [0.4, 0.5) is 11.4 Å². The lowest BCUT2D eigenvalue weighted by Gasteiger charge is -2.07. The Morgan fingerprint density at radius 2 is 1.76 bits per heavy atom. The van der Waals surface area contributed by atoms with E-state index >= 15 is 0 Å². The van der Waals surface area contributed by atoms with Crippen LogP contribution in [0.1, 0.15) is 5.56 Å². The first kappa shape index (κ1) is 15.5. The summed E-state index contributed by atoms with van der Waals surface area (Å²) >= 11 is 6.04. The van der Waals surface area contributed by atoms with Gasteiger partial charge in [-0.25, -0.2) is 4.79 Å². The highest BCUT2D eigenvalue weighted by Gasteiger charge is 2.08. The van der Waals surface area contributed by atoms with Gasteiger partial charge in [0.25, 0.3) is 0 Å². The summed E-state index contributed by atoms with van der Waals surface area (Å²) in [6, 6.07) is 23.3. The molecule has 4 aromatic rings. The second-order valence-corrected chi connectivity index (χ2v) is 6.31. The van der Waals surface area contributed by atoms with Crippen molar-refractivity contribution in [2.24, 2.45) is 0 Å². The molecule has 2 N–H and O–H groups in total. The minimum Gasteiger partial charge on any atom is -0.355 e. The minimum absolute atomic E-state index is 0.133. The van der Waals surface area contributed by atoms with Crippen molar-refractivity contribution in [2.45, 2.75) is 6.54 Å². The standard InChI is InChI=1S/C20H16ClN3O/c21-15-6-4-5-14(11-15)13-24-19-10-9-17(12-18(19)23-20(24)25)22-16-7-2-1-3-8-16/h1-12,22H,13H2,(H,23,25). The summed E-state index contributed by atoms with van der Waals surface area (Å²) in [5.74, 6) is 0. The summed E-state index contributed by atoms with van der Waals surface area (Å²) in [6.45, 7) is 0.477. The number of imidazole rings is 1. The van der Waals surface area contributed by atoms with Crippen molar-refractivity contribution in [3.8, 4) is 0 Å². The molecule has 0 aliphatic heterocycles. The number of rotatable bonds is 4. The van der Waals surface area contributed by atoms with Gasteiger partial charge in [0.05, 0.1) is 17.6 Å². The Bertz CT molecular complexity index is 1080. The van der Waals surface area contributed by atoms with E-state index in [1.165, 1.54) is 0 Å². The van der Waals surface area contributed by atoms with E-state index in [-0.39, 0.29) is 5.69 Å². The van der Waals surface area contributed by atoms with Crippen LogP contribution in [0, 0.1) is 0 Å². The maximum atomic E-state index is 12.4. The average molecular weight is 350 g/mol. The summed E-state index contributed by atoms with van der Waals surface area (Å²) < 4.78 is 1.72. The van der Waals surface area contributed by atoms with E-state index < -0.39 is 0 Å². The molecule has 0 aliphatic carbocycles. The van der Waals surface area contributed by atoms with Crippen molar-refractivity contribution in [1.82, 2.24) is 9.55 Å². The van der Waals surface area contributed by atoms with Crippen molar-refractivity contribution < 1.29 is 0 Å². The highest BCUT2D eigenvalue weighted by molar-refractivity contribution is 6.30. The number of nitrogens with one attached hydrogen (secondary N) is 2. The van der Waals surface area contributed by atoms with Gasteiger partial charge < -0.3 is 10.3 Å². The van der Waals surface area contributed by atoms with Crippen LogP contribution < -0.4 is 11.0 Å². The lowest BCUT2D eigenvalue weighted by Crippen LogP contribution is -2.17. The predicted molar refractivity (Wildman–Crippen MR) is 103 cm³/mol. The number of hydrogen-bond acceptors (Lipinski definition) is 2. The summed E-state index contributed by atoms with van der Waals surface area (Å²) in [6.07, 6.45) is 0. The maximum Gasteiger partial charge on any atom is 0.326 e. The third-order valence-corrected chi connectivity index (χ3v) is 4.30. The highest BCUT2D eigenvalue weighted by atomic mass is 35.5. The molecule has 25 heavy (non-hydrogen) atoms. The lowest BCUT2D eigenvalue weighted by molar-refractivity contribution is 0.787. The van der Waals surface area contributed by atoms with Crippen LogP contribution in [0.25, 0.3) is 11.0 Å². The van der Waals surface area contributed by atoms with Crippen LogP contribution in [-0.4, -0.2) is 9.55 Å². The van der Waals surface area contributed by atoms with Crippen LogP contribution in [0.15, 0.2) is 77.6 Å². The Hall–Kier alpha value is -2.98. The lowest BCUT2D eigenvalue weighted by atomic mass is 10.2. The molecule has 0 spiro atoms. The number of para-hydroxylation sites is 1. The maximum absolute atomic E-state index is 12.4. The monoisotopic (exact) mass is 349 g/mol. The molecule has 0 saturated heterocycles. The van der Waals surface area contributed by atoms with E-state index in [2.05, 4.69) is 10.3 Å². The second-order valence-electron chi connectivity index (χ2n) is 5.87. The molecule has 4 nitrogen and oxygen atoms in total. The molecule has 124 valence electrons. The van der Waals surface area contributed by atoms with E-state index in [0.717, 1.165) is 28.0 Å². The van der Waals surface area contributed by atoms with E-state index in [4.69, 9.17) is 11.6 Å². The third kappa shape index (κ3) is 3.30. The molecular formula is C20H16ClN3O. The zero-order chi connectivity index (χ0) is 17.2. The van der Waals surface area contributed by atoms with Gasteiger partial charge >= 0.3 is 5.69 Å². The average Bonchev–Trinajstić information content (AvgIpc) is 2.91. The van der Waals surface area contributed by atoms with Gasteiger partial charge in [-0.2, -0.15) is 0 Å². The molecule has 4 rings (SSSR count). The first-order valence-electron chi connectivity index (χ1n) is 7.98. The van der Waals surface area contributed by atoms with Crippen molar-refractivity contribution >= 4 is 34.0 Å². The molecule has 5 heteroatoms. The molecule has 0 unspecified atom stereocenters. The summed E-state index contributed by atoms with van der Waals surface area (Å²) in [5.41, 5.74) is 4.45. The van der Waals surface area contributed by atoms with Crippen molar-refractivity contribution in [2.75, 3.05) is 5.32 Å². The topological polar surface area (TPSA) is 49.8 Å². The van der Waals surface area contributed by atoms with Crippen molar-refractivity contribution in [3.63, 3.8) is 0 Å². The third-order valence-electron chi connectivity index (χ3n) is 4.07. The normalized spacial score (nSPS) is 10.9. The van der Waals surface area contributed by atoms with Gasteiger partial charge in [-0.1, -0.05) is 41.9 Å². The largest absolute Gasteiger partial charge is 0.355 e. The molecule has 0 radical (unpaired) electrons. The van der Waals surface area contributed by atoms with E-state index in [9.17, 15) is 4.79 Å². The number of halogens is 1. The number of benzene rings is 3. The Balaban J connectivity index is 1.68. The van der Waals surface area contributed by atoms with Gasteiger partial charge in [0.15, 0.2) is 0 Å². The fourth-order valence-electron chi connectivity index (χ4n) is 2.90. The number of nitrogens with zero attached hydrogens (tertiary/aromatic N) is 1. The van der Waals surface area contributed by atoms with Gasteiger partial charge in [0.2, 0.25) is 0 Å². The summed E-state index contributed by atoms with van der Waals surface area (Å²) in [4.78, 5) is 15.3. The smallest absolute Gasteiger partial charge is 0.326 e. The molecule has 3 aromatic carbocycles. The van der Waals surface area contributed by atoms with Gasteiger partial charge in [0.1, 0.15) is 0 Å². The SMILES string of the molecule is O=c1[nH]c2cc(Nc3ccccc3)ccc2n1Cc1cccc(Cl)c1. The molecule has 0 amide bonds. The van der Waals surface area contributed by atoms with Crippen LogP contribution in [-0.2, 0) is 6.54 Å². The quantitative estimate of drug-likeness (QED) is 0.557. The number of hydrogen-bond donors (Lipinski definition) is 2. The van der Waals surface area contributed by atoms with E-state index in [1.54, 1.807) is 4.57 Å². The van der Waals surface area contributed by atoms with E-state index in [0.29, 0.717) is 11.6 Å². The summed E-state index contributed by atoms with van der Waals surface area (Å²) in [5, 5.41) is 4.00. The number of aromatic nitrogens is 2. The fraction of sp³-hybridized carbons (Fsp3) is 0.0500. The molecular weight excluding hydrogens is 334 g/mol. The van der Waals surface area contributed by atoms with Gasteiger partial charge in [-0.05, 0) is 48.0 Å². The highest BCUT2D eigenvalue weighted by Crippen LogP contribution is 2.21. The molecule has 0 fully saturated rings. The van der Waals surface area contributed by atoms with Crippen molar-refractivity contribution in [1.29, 1.82) is 0 Å². The number of aromatic amines is 1. The van der Waals surface area contributed by atoms with Gasteiger partial charge in [0, 0.05) is 16.4 Å². The van der Waals surface area contributed by atoms with Crippen LogP contribution in [0.5, 0.6) is 0 Å². The zero-order valence-electron chi connectivity index (χ0n) is 13.4. The number of H-pyrrole nitrogens is 1. The molecule has 0 saturated carbocycles. The Labute approximate surface area is 149 Å². The zero-order valence-corrected chi connectivity index (χ0v) is 14.1. The summed E-state index contributed by atoms with van der Waals surface area (Å²) in [7, 11) is 0. The van der Waals surface area contributed by atoms with Crippen LogP contribution in [0.2, 0.25) is 5.02 Å². The van der Waals surface area contributed by atoms with Gasteiger partial charge in [-0.15, -0.1) is 0 Å². The first-order chi connectivity index (χ1) is 12.2. The molecule has 0 atom stereocenters. The Kier molecular flexibility index (Phi) is 4.04.